The lowest BCUT2D eigenvalue weighted by atomic mass is 9.69. The fraction of sp³-hybridized carbons (Fsp3) is 0.667. The number of aliphatic hydroxyl groups is 1. The van der Waals surface area contributed by atoms with E-state index in [1.807, 2.05) is 0 Å². The van der Waals surface area contributed by atoms with Crippen LogP contribution in [-0.2, 0) is 14.4 Å². The SMILES string of the molecule is CC1C(=O)C(O)C(=O)C(C)(C)C1=O. The highest BCUT2D eigenvalue weighted by Crippen LogP contribution is 2.30. The number of aliphatic hydroxyl groups excluding tert-OH is 1. The van der Waals surface area contributed by atoms with Crippen molar-refractivity contribution in [2.24, 2.45) is 11.3 Å². The molecule has 13 heavy (non-hydrogen) atoms. The average molecular weight is 184 g/mol. The van der Waals surface area contributed by atoms with Crippen molar-refractivity contribution in [1.82, 2.24) is 0 Å². The Morgan fingerprint density at radius 3 is 2.08 bits per heavy atom. The zero-order chi connectivity index (χ0) is 10.4. The van der Waals surface area contributed by atoms with E-state index in [2.05, 4.69) is 0 Å². The first-order valence-corrected chi connectivity index (χ1v) is 4.10. The predicted molar refractivity (Wildman–Crippen MR) is 44.0 cm³/mol. The minimum Gasteiger partial charge on any atom is -0.377 e. The topological polar surface area (TPSA) is 71.4 Å². The number of carbonyl (C=O) groups excluding carboxylic acids is 3. The quantitative estimate of drug-likeness (QED) is 0.526. The third-order valence-electron chi connectivity index (χ3n) is 2.57. The molecule has 72 valence electrons. The molecule has 0 saturated heterocycles. The highest BCUT2D eigenvalue weighted by atomic mass is 16.3. The third-order valence-corrected chi connectivity index (χ3v) is 2.57. The Hall–Kier alpha value is -1.03. The van der Waals surface area contributed by atoms with Crippen LogP contribution < -0.4 is 0 Å². The molecule has 2 unspecified atom stereocenters. The summed E-state index contributed by atoms with van der Waals surface area (Å²) in [6.07, 6.45) is -1.62. The molecule has 1 rings (SSSR count). The Balaban J connectivity index is 3.15. The number of Topliss-reactive ketones (excluding diaryl/α,β-unsaturated/α-hetero) is 3. The second-order valence-corrected chi connectivity index (χ2v) is 3.88. The zero-order valence-electron chi connectivity index (χ0n) is 7.83. The number of hydrogen-bond acceptors (Lipinski definition) is 4. The highest BCUT2D eigenvalue weighted by molar-refractivity contribution is 6.27. The van der Waals surface area contributed by atoms with Crippen LogP contribution in [0.3, 0.4) is 0 Å². The van der Waals surface area contributed by atoms with Gasteiger partial charge in [-0.05, 0) is 20.8 Å². The van der Waals surface area contributed by atoms with Gasteiger partial charge in [-0.2, -0.15) is 0 Å². The lowest BCUT2D eigenvalue weighted by Crippen LogP contribution is -2.54. The van der Waals surface area contributed by atoms with Gasteiger partial charge in [-0.3, -0.25) is 14.4 Å². The van der Waals surface area contributed by atoms with Gasteiger partial charge in [0.15, 0.2) is 23.5 Å². The molecule has 1 aliphatic carbocycles. The summed E-state index contributed by atoms with van der Waals surface area (Å²) in [6.45, 7) is 4.29. The molecular weight excluding hydrogens is 172 g/mol. The van der Waals surface area contributed by atoms with Gasteiger partial charge < -0.3 is 5.11 Å². The van der Waals surface area contributed by atoms with E-state index in [1.165, 1.54) is 20.8 Å². The van der Waals surface area contributed by atoms with Crippen molar-refractivity contribution in [1.29, 1.82) is 0 Å². The summed E-state index contributed by atoms with van der Waals surface area (Å²) in [7, 11) is 0. The van der Waals surface area contributed by atoms with Gasteiger partial charge in [0.1, 0.15) is 0 Å². The molecule has 0 aromatic rings. The Morgan fingerprint density at radius 2 is 1.62 bits per heavy atom. The Kier molecular flexibility index (Phi) is 2.11. The molecule has 2 atom stereocenters. The maximum atomic E-state index is 11.5. The normalized spacial score (nSPS) is 33.7. The van der Waals surface area contributed by atoms with Gasteiger partial charge in [0.25, 0.3) is 0 Å². The Labute approximate surface area is 75.9 Å². The first kappa shape index (κ1) is 10.1. The fourth-order valence-corrected chi connectivity index (χ4v) is 1.50. The van der Waals surface area contributed by atoms with E-state index in [0.717, 1.165) is 0 Å². The number of hydrogen-bond donors (Lipinski definition) is 1. The van der Waals surface area contributed by atoms with Crippen LogP contribution in [-0.4, -0.2) is 28.6 Å². The number of ketones is 3. The summed E-state index contributed by atoms with van der Waals surface area (Å²) in [5.74, 6) is -2.66. The maximum absolute atomic E-state index is 11.5. The van der Waals surface area contributed by atoms with E-state index in [-0.39, 0.29) is 0 Å². The van der Waals surface area contributed by atoms with Crippen molar-refractivity contribution < 1.29 is 19.5 Å². The maximum Gasteiger partial charge on any atom is 0.181 e. The van der Waals surface area contributed by atoms with Gasteiger partial charge >= 0.3 is 0 Å². The highest BCUT2D eigenvalue weighted by Gasteiger charge is 2.51. The Bertz CT molecular complexity index is 264. The average Bonchev–Trinajstić information content (AvgIpc) is 2.09. The molecule has 0 aromatic carbocycles. The zero-order valence-corrected chi connectivity index (χ0v) is 7.83. The lowest BCUT2D eigenvalue weighted by Gasteiger charge is -2.32. The van der Waals surface area contributed by atoms with Crippen LogP contribution in [0.5, 0.6) is 0 Å². The molecule has 1 aliphatic rings. The fourth-order valence-electron chi connectivity index (χ4n) is 1.50. The molecule has 1 saturated carbocycles. The molecule has 4 heteroatoms. The van der Waals surface area contributed by atoms with E-state index in [4.69, 9.17) is 0 Å². The van der Waals surface area contributed by atoms with Crippen LogP contribution in [0.15, 0.2) is 0 Å². The molecule has 1 N–H and O–H groups in total. The van der Waals surface area contributed by atoms with Gasteiger partial charge in [-0.1, -0.05) is 0 Å². The van der Waals surface area contributed by atoms with Crippen LogP contribution in [0.2, 0.25) is 0 Å². The predicted octanol–water partition coefficient (Wildman–Crippen LogP) is -0.270. The van der Waals surface area contributed by atoms with E-state index in [0.29, 0.717) is 0 Å². The molecule has 0 spiro atoms. The summed E-state index contributed by atoms with van der Waals surface area (Å²) < 4.78 is 0. The van der Waals surface area contributed by atoms with E-state index in [9.17, 15) is 19.5 Å². The van der Waals surface area contributed by atoms with Gasteiger partial charge in [-0.15, -0.1) is 0 Å². The molecule has 0 bridgehead atoms. The van der Waals surface area contributed by atoms with E-state index < -0.39 is 34.8 Å². The van der Waals surface area contributed by atoms with Crippen molar-refractivity contribution >= 4 is 17.3 Å². The van der Waals surface area contributed by atoms with Crippen molar-refractivity contribution in [2.75, 3.05) is 0 Å². The molecule has 4 nitrogen and oxygen atoms in total. The van der Waals surface area contributed by atoms with Gasteiger partial charge in [0.2, 0.25) is 0 Å². The summed E-state index contributed by atoms with van der Waals surface area (Å²) in [4.78, 5) is 33.9. The van der Waals surface area contributed by atoms with Crippen LogP contribution in [0.4, 0.5) is 0 Å². The minimum absolute atomic E-state index is 0.409. The first-order chi connectivity index (χ1) is 5.80. The van der Waals surface area contributed by atoms with Crippen molar-refractivity contribution in [3.8, 4) is 0 Å². The summed E-state index contributed by atoms with van der Waals surface area (Å²) in [5, 5.41) is 9.22. The van der Waals surface area contributed by atoms with Crippen LogP contribution in [0, 0.1) is 11.3 Å². The molecule has 0 heterocycles. The molecule has 1 fully saturated rings. The summed E-state index contributed by atoms with van der Waals surface area (Å²) >= 11 is 0. The van der Waals surface area contributed by atoms with Crippen molar-refractivity contribution in [3.63, 3.8) is 0 Å². The smallest absolute Gasteiger partial charge is 0.181 e. The van der Waals surface area contributed by atoms with Gasteiger partial charge in [0, 0.05) is 0 Å². The molecule has 0 radical (unpaired) electrons. The minimum atomic E-state index is -1.62. The van der Waals surface area contributed by atoms with Crippen molar-refractivity contribution in [2.45, 2.75) is 26.9 Å². The summed E-state index contributed by atoms with van der Waals surface area (Å²) in [6, 6.07) is 0. The van der Waals surface area contributed by atoms with E-state index in [1.54, 1.807) is 0 Å². The van der Waals surface area contributed by atoms with Crippen LogP contribution >= 0.6 is 0 Å². The monoisotopic (exact) mass is 184 g/mol. The second-order valence-electron chi connectivity index (χ2n) is 3.88. The van der Waals surface area contributed by atoms with Crippen LogP contribution in [0.1, 0.15) is 20.8 Å². The second kappa shape index (κ2) is 2.73. The number of carbonyl (C=O) groups is 3. The van der Waals surface area contributed by atoms with E-state index >= 15 is 0 Å². The number of rotatable bonds is 0. The molecule has 0 amide bonds. The molecular formula is C9H12O4. The molecule has 0 aromatic heterocycles. The van der Waals surface area contributed by atoms with Gasteiger partial charge in [-0.25, -0.2) is 0 Å². The lowest BCUT2D eigenvalue weighted by molar-refractivity contribution is -0.158. The Morgan fingerprint density at radius 1 is 1.15 bits per heavy atom. The molecule has 0 aliphatic heterocycles. The summed E-state index contributed by atoms with van der Waals surface area (Å²) in [5.41, 5.74) is -1.23. The third kappa shape index (κ3) is 1.21. The first-order valence-electron chi connectivity index (χ1n) is 4.10. The standard InChI is InChI=1S/C9H12O4/c1-4-5(10)6(11)8(13)9(2,3)7(4)12/h4,6,11H,1-3H3. The van der Waals surface area contributed by atoms with Crippen molar-refractivity contribution in [3.05, 3.63) is 0 Å². The largest absolute Gasteiger partial charge is 0.377 e. The van der Waals surface area contributed by atoms with Crippen LogP contribution in [0.25, 0.3) is 0 Å². The van der Waals surface area contributed by atoms with Gasteiger partial charge in [0.05, 0.1) is 11.3 Å².